The SMILES string of the molecule is O=S(=O)(NC1CCNCC1)c1ccc(F)cc1Br. The van der Waals surface area contributed by atoms with E-state index >= 15 is 0 Å². The third-order valence-corrected chi connectivity index (χ3v) is 5.34. The average Bonchev–Trinajstić information content (AvgIpc) is 2.29. The molecule has 18 heavy (non-hydrogen) atoms. The first-order valence-corrected chi connectivity index (χ1v) is 7.95. The molecule has 0 amide bonds. The van der Waals surface area contributed by atoms with E-state index in [-0.39, 0.29) is 15.4 Å². The van der Waals surface area contributed by atoms with E-state index in [1.54, 1.807) is 0 Å². The summed E-state index contributed by atoms with van der Waals surface area (Å²) >= 11 is 3.08. The van der Waals surface area contributed by atoms with E-state index in [2.05, 4.69) is 26.0 Å². The second-order valence-electron chi connectivity index (χ2n) is 4.22. The molecule has 1 aliphatic heterocycles. The van der Waals surface area contributed by atoms with Crippen molar-refractivity contribution in [2.75, 3.05) is 13.1 Å². The summed E-state index contributed by atoms with van der Waals surface area (Å²) in [7, 11) is -3.60. The second kappa shape index (κ2) is 5.64. The van der Waals surface area contributed by atoms with Crippen LogP contribution in [-0.2, 0) is 10.0 Å². The van der Waals surface area contributed by atoms with Crippen molar-refractivity contribution in [3.8, 4) is 0 Å². The standard InChI is InChI=1S/C11H14BrFN2O2S/c12-10-7-8(13)1-2-11(10)18(16,17)15-9-3-5-14-6-4-9/h1-2,7,9,14-15H,3-6H2. The van der Waals surface area contributed by atoms with Crippen molar-refractivity contribution in [2.45, 2.75) is 23.8 Å². The van der Waals surface area contributed by atoms with Crippen LogP contribution < -0.4 is 10.0 Å². The number of hydrogen-bond donors (Lipinski definition) is 2. The summed E-state index contributed by atoms with van der Waals surface area (Å²) in [6.07, 6.45) is 1.52. The number of piperidine rings is 1. The van der Waals surface area contributed by atoms with Crippen LogP contribution in [0.3, 0.4) is 0 Å². The first-order chi connectivity index (χ1) is 8.49. The Hall–Kier alpha value is -0.500. The van der Waals surface area contributed by atoms with Gasteiger partial charge in [-0.15, -0.1) is 0 Å². The maximum absolute atomic E-state index is 12.9. The number of sulfonamides is 1. The smallest absolute Gasteiger partial charge is 0.241 e. The minimum Gasteiger partial charge on any atom is -0.317 e. The fraction of sp³-hybridized carbons (Fsp3) is 0.455. The molecule has 4 nitrogen and oxygen atoms in total. The highest BCUT2D eigenvalue weighted by Gasteiger charge is 2.23. The molecule has 0 spiro atoms. The molecule has 2 rings (SSSR count). The maximum atomic E-state index is 12.9. The number of halogens is 2. The summed E-state index contributed by atoms with van der Waals surface area (Å²) in [5.74, 6) is -0.470. The Balaban J connectivity index is 2.19. The summed E-state index contributed by atoms with van der Waals surface area (Å²) in [5, 5.41) is 3.17. The van der Waals surface area contributed by atoms with Gasteiger partial charge < -0.3 is 5.32 Å². The Bertz CT molecular complexity index is 530. The van der Waals surface area contributed by atoms with Gasteiger partial charge in [0.1, 0.15) is 5.82 Å². The lowest BCUT2D eigenvalue weighted by molar-refractivity contribution is 0.427. The number of nitrogens with one attached hydrogen (secondary N) is 2. The molecule has 0 aromatic heterocycles. The van der Waals surface area contributed by atoms with Gasteiger partial charge in [-0.25, -0.2) is 17.5 Å². The van der Waals surface area contributed by atoms with Crippen LogP contribution in [0.15, 0.2) is 27.6 Å². The molecule has 1 saturated heterocycles. The molecule has 1 fully saturated rings. The van der Waals surface area contributed by atoms with Gasteiger partial charge in [-0.1, -0.05) is 0 Å². The predicted octanol–water partition coefficient (Wildman–Crippen LogP) is 1.62. The molecule has 0 radical (unpaired) electrons. The molecule has 0 bridgehead atoms. The van der Waals surface area contributed by atoms with Crippen LogP contribution in [0, 0.1) is 5.82 Å². The van der Waals surface area contributed by atoms with Crippen molar-refractivity contribution in [1.82, 2.24) is 10.0 Å². The molecule has 1 aromatic rings. The van der Waals surface area contributed by atoms with Gasteiger partial charge in [-0.05, 0) is 60.1 Å². The van der Waals surface area contributed by atoms with Crippen molar-refractivity contribution < 1.29 is 12.8 Å². The molecule has 0 unspecified atom stereocenters. The highest BCUT2D eigenvalue weighted by atomic mass is 79.9. The van der Waals surface area contributed by atoms with Gasteiger partial charge in [-0.2, -0.15) is 0 Å². The highest BCUT2D eigenvalue weighted by Crippen LogP contribution is 2.23. The van der Waals surface area contributed by atoms with Gasteiger partial charge >= 0.3 is 0 Å². The van der Waals surface area contributed by atoms with Crippen LogP contribution in [0.2, 0.25) is 0 Å². The molecule has 7 heteroatoms. The Morgan fingerprint density at radius 1 is 1.33 bits per heavy atom. The number of benzene rings is 1. The fourth-order valence-corrected chi connectivity index (χ4v) is 4.27. The zero-order valence-corrected chi connectivity index (χ0v) is 12.0. The Morgan fingerprint density at radius 3 is 2.61 bits per heavy atom. The van der Waals surface area contributed by atoms with Gasteiger partial charge in [0, 0.05) is 10.5 Å². The van der Waals surface area contributed by atoms with E-state index in [9.17, 15) is 12.8 Å². The molecule has 2 N–H and O–H groups in total. The molecule has 100 valence electrons. The van der Waals surface area contributed by atoms with Crippen molar-refractivity contribution in [1.29, 1.82) is 0 Å². The van der Waals surface area contributed by atoms with E-state index in [0.717, 1.165) is 38.1 Å². The summed E-state index contributed by atoms with van der Waals surface area (Å²) < 4.78 is 40.1. The molecule has 0 atom stereocenters. The lowest BCUT2D eigenvalue weighted by atomic mass is 10.1. The number of hydrogen-bond acceptors (Lipinski definition) is 3. The van der Waals surface area contributed by atoms with E-state index in [1.165, 1.54) is 6.07 Å². The highest BCUT2D eigenvalue weighted by molar-refractivity contribution is 9.10. The predicted molar refractivity (Wildman–Crippen MR) is 70.3 cm³/mol. The Morgan fingerprint density at radius 2 is 2.00 bits per heavy atom. The topological polar surface area (TPSA) is 58.2 Å². The number of rotatable bonds is 3. The lowest BCUT2D eigenvalue weighted by Gasteiger charge is -2.23. The third kappa shape index (κ3) is 3.28. The summed E-state index contributed by atoms with van der Waals surface area (Å²) in [5.41, 5.74) is 0. The van der Waals surface area contributed by atoms with Gasteiger partial charge in [0.15, 0.2) is 0 Å². The third-order valence-electron chi connectivity index (χ3n) is 2.84. The monoisotopic (exact) mass is 336 g/mol. The van der Waals surface area contributed by atoms with Crippen LogP contribution in [0.25, 0.3) is 0 Å². The quantitative estimate of drug-likeness (QED) is 0.881. The van der Waals surface area contributed by atoms with Crippen molar-refractivity contribution in [2.24, 2.45) is 0 Å². The van der Waals surface area contributed by atoms with Crippen LogP contribution in [-0.4, -0.2) is 27.5 Å². The summed E-state index contributed by atoms with van der Waals surface area (Å²) in [6.45, 7) is 1.61. The van der Waals surface area contributed by atoms with Gasteiger partial charge in [0.05, 0.1) is 4.90 Å². The zero-order valence-electron chi connectivity index (χ0n) is 9.62. The molecule has 1 heterocycles. The summed E-state index contributed by atoms with van der Waals surface area (Å²) in [6, 6.07) is 3.50. The zero-order chi connectivity index (χ0) is 13.2. The molecule has 0 aliphatic carbocycles. The van der Waals surface area contributed by atoms with Crippen LogP contribution in [0.5, 0.6) is 0 Å². The minimum atomic E-state index is -3.60. The normalized spacial score (nSPS) is 17.9. The Kier molecular flexibility index (Phi) is 4.37. The van der Waals surface area contributed by atoms with Crippen molar-refractivity contribution in [3.63, 3.8) is 0 Å². The van der Waals surface area contributed by atoms with Gasteiger partial charge in [-0.3, -0.25) is 0 Å². The van der Waals surface area contributed by atoms with E-state index in [4.69, 9.17) is 0 Å². The van der Waals surface area contributed by atoms with Crippen LogP contribution >= 0.6 is 15.9 Å². The van der Waals surface area contributed by atoms with Gasteiger partial charge in [0.2, 0.25) is 10.0 Å². The maximum Gasteiger partial charge on any atom is 0.241 e. The van der Waals surface area contributed by atoms with E-state index in [1.807, 2.05) is 0 Å². The van der Waals surface area contributed by atoms with Crippen LogP contribution in [0.4, 0.5) is 4.39 Å². The van der Waals surface area contributed by atoms with E-state index in [0.29, 0.717) is 0 Å². The minimum absolute atomic E-state index is 0.0618. The van der Waals surface area contributed by atoms with Gasteiger partial charge in [0.25, 0.3) is 0 Å². The second-order valence-corrected chi connectivity index (χ2v) is 6.76. The van der Waals surface area contributed by atoms with Crippen LogP contribution in [0.1, 0.15) is 12.8 Å². The average molecular weight is 337 g/mol. The molecule has 0 saturated carbocycles. The lowest BCUT2D eigenvalue weighted by Crippen LogP contribution is -2.42. The van der Waals surface area contributed by atoms with Crippen molar-refractivity contribution in [3.05, 3.63) is 28.5 Å². The van der Waals surface area contributed by atoms with Crippen molar-refractivity contribution >= 4 is 26.0 Å². The summed E-state index contributed by atoms with van der Waals surface area (Å²) in [4.78, 5) is 0.0717. The van der Waals surface area contributed by atoms with E-state index < -0.39 is 15.8 Å². The first kappa shape index (κ1) is 13.9. The molecular formula is C11H14BrFN2O2S. The first-order valence-electron chi connectivity index (χ1n) is 5.67. The molecule has 1 aromatic carbocycles. The largest absolute Gasteiger partial charge is 0.317 e. The molecular weight excluding hydrogens is 323 g/mol. The fourth-order valence-electron chi connectivity index (χ4n) is 1.92. The molecule has 1 aliphatic rings. The Labute approximate surface area is 114 Å².